The fourth-order valence-corrected chi connectivity index (χ4v) is 2.02. The van der Waals surface area contributed by atoms with Gasteiger partial charge in [-0.3, -0.25) is 0 Å². The predicted molar refractivity (Wildman–Crippen MR) is 48.6 cm³/mol. The van der Waals surface area contributed by atoms with Crippen LogP contribution in [0.3, 0.4) is 0 Å². The second-order valence-electron chi connectivity index (χ2n) is 3.30. The summed E-state index contributed by atoms with van der Waals surface area (Å²) in [6.07, 6.45) is 3.35. The summed E-state index contributed by atoms with van der Waals surface area (Å²) in [6.45, 7) is -0.201. The molecule has 0 spiro atoms. The Kier molecular flexibility index (Phi) is 4.29. The summed E-state index contributed by atoms with van der Waals surface area (Å²) in [7, 11) is 0. The van der Waals surface area contributed by atoms with Crippen molar-refractivity contribution in [2.24, 2.45) is 0 Å². The summed E-state index contributed by atoms with van der Waals surface area (Å²) in [5.41, 5.74) is 0. The molecular weight excluding hydrogens is 180 g/mol. The molecule has 1 fully saturated rings. The molecule has 0 amide bonds. The number of halogens is 2. The molecular formula is C8H15F2NS. The molecule has 72 valence electrons. The van der Waals surface area contributed by atoms with Crippen LogP contribution in [0.4, 0.5) is 8.78 Å². The largest absolute Gasteiger partial charge is 0.252 e. The molecule has 1 aliphatic carbocycles. The van der Waals surface area contributed by atoms with E-state index in [4.69, 9.17) is 0 Å². The Balaban J connectivity index is 2.24. The average molecular weight is 195 g/mol. The number of nitrogens with zero attached hydrogens (tertiary/aromatic N) is 1. The van der Waals surface area contributed by atoms with E-state index in [0.29, 0.717) is 0 Å². The molecule has 4 heteroatoms. The Labute approximate surface area is 77.7 Å². The highest BCUT2D eigenvalue weighted by Crippen LogP contribution is 2.24. The minimum Gasteiger partial charge on any atom is -0.244 e. The fraction of sp³-hybridized carbons (Fsp3) is 1.00. The first kappa shape index (κ1) is 10.3. The normalized spacial score (nSPS) is 20.8. The van der Waals surface area contributed by atoms with Crippen LogP contribution in [0.25, 0.3) is 0 Å². The smallest absolute Gasteiger partial charge is 0.244 e. The first-order valence-corrected chi connectivity index (χ1v) is 4.84. The summed E-state index contributed by atoms with van der Waals surface area (Å²) in [5.74, 6) is 0. The van der Waals surface area contributed by atoms with Gasteiger partial charge in [-0.15, -0.1) is 0 Å². The molecule has 0 unspecified atom stereocenters. The van der Waals surface area contributed by atoms with Gasteiger partial charge in [-0.05, 0) is 12.8 Å². The number of hydrogen-bond donors (Lipinski definition) is 1. The van der Waals surface area contributed by atoms with E-state index in [9.17, 15) is 8.78 Å². The minimum atomic E-state index is -2.26. The van der Waals surface area contributed by atoms with Crippen molar-refractivity contribution in [3.63, 3.8) is 0 Å². The summed E-state index contributed by atoms with van der Waals surface area (Å²) in [5, 5.41) is 0. The van der Waals surface area contributed by atoms with E-state index in [1.54, 1.807) is 0 Å². The molecule has 0 aromatic rings. The highest BCUT2D eigenvalue weighted by atomic mass is 32.1. The molecule has 0 aromatic carbocycles. The molecule has 1 nitrogen and oxygen atoms in total. The van der Waals surface area contributed by atoms with E-state index in [1.165, 1.54) is 10.7 Å². The van der Waals surface area contributed by atoms with Crippen LogP contribution >= 0.6 is 12.8 Å². The molecule has 0 bridgehead atoms. The number of hydrogen-bond acceptors (Lipinski definition) is 2. The van der Waals surface area contributed by atoms with Crippen LogP contribution in [0.1, 0.15) is 32.1 Å². The van der Waals surface area contributed by atoms with Crippen LogP contribution in [0.5, 0.6) is 0 Å². The molecule has 12 heavy (non-hydrogen) atoms. The molecule has 1 aliphatic rings. The van der Waals surface area contributed by atoms with E-state index in [1.807, 2.05) is 0 Å². The minimum absolute atomic E-state index is 0.201. The summed E-state index contributed by atoms with van der Waals surface area (Å²) in [4.78, 5) is 0. The Morgan fingerprint density at radius 3 is 2.33 bits per heavy atom. The third kappa shape index (κ3) is 3.27. The van der Waals surface area contributed by atoms with E-state index >= 15 is 0 Å². The van der Waals surface area contributed by atoms with Crippen molar-refractivity contribution in [3.8, 4) is 0 Å². The maximum absolute atomic E-state index is 11.9. The van der Waals surface area contributed by atoms with Gasteiger partial charge in [0.2, 0.25) is 0 Å². The van der Waals surface area contributed by atoms with Crippen molar-refractivity contribution in [2.45, 2.75) is 44.6 Å². The van der Waals surface area contributed by atoms with E-state index in [0.717, 1.165) is 25.7 Å². The second kappa shape index (κ2) is 5.02. The van der Waals surface area contributed by atoms with Gasteiger partial charge in [0.1, 0.15) is 0 Å². The Morgan fingerprint density at radius 2 is 1.83 bits per heavy atom. The van der Waals surface area contributed by atoms with Crippen molar-refractivity contribution in [1.29, 1.82) is 0 Å². The van der Waals surface area contributed by atoms with Gasteiger partial charge in [0.05, 0.1) is 6.54 Å². The molecule has 0 N–H and O–H groups in total. The zero-order chi connectivity index (χ0) is 8.97. The van der Waals surface area contributed by atoms with E-state index in [2.05, 4.69) is 12.8 Å². The standard InChI is InChI=1S/C8H15F2NS/c9-8(10)6-11(12)7-4-2-1-3-5-7/h7-8,12H,1-6H2. The van der Waals surface area contributed by atoms with Crippen molar-refractivity contribution in [2.75, 3.05) is 6.54 Å². The van der Waals surface area contributed by atoms with E-state index in [-0.39, 0.29) is 12.6 Å². The Bertz CT molecular complexity index is 126. The lowest BCUT2D eigenvalue weighted by molar-refractivity contribution is 0.105. The van der Waals surface area contributed by atoms with Crippen molar-refractivity contribution in [3.05, 3.63) is 0 Å². The zero-order valence-corrected chi connectivity index (χ0v) is 7.94. The highest BCUT2D eigenvalue weighted by molar-refractivity contribution is 7.77. The van der Waals surface area contributed by atoms with Gasteiger partial charge in [-0.25, -0.2) is 13.1 Å². The SMILES string of the molecule is FC(F)CN(S)C1CCCCC1. The van der Waals surface area contributed by atoms with Gasteiger partial charge >= 0.3 is 0 Å². The maximum atomic E-state index is 11.9. The van der Waals surface area contributed by atoms with Crippen molar-refractivity contribution >= 4 is 12.8 Å². The van der Waals surface area contributed by atoms with Crippen LogP contribution in [0.2, 0.25) is 0 Å². The van der Waals surface area contributed by atoms with Gasteiger partial charge in [0, 0.05) is 6.04 Å². The van der Waals surface area contributed by atoms with Gasteiger partial charge in [0.15, 0.2) is 0 Å². The molecule has 0 heterocycles. The first-order chi connectivity index (χ1) is 5.70. The lowest BCUT2D eigenvalue weighted by Gasteiger charge is -2.29. The highest BCUT2D eigenvalue weighted by Gasteiger charge is 2.20. The number of alkyl halides is 2. The third-order valence-electron chi connectivity index (χ3n) is 2.32. The quantitative estimate of drug-likeness (QED) is 0.678. The zero-order valence-electron chi connectivity index (χ0n) is 7.05. The molecule has 0 aromatic heterocycles. The van der Waals surface area contributed by atoms with Gasteiger partial charge in [-0.1, -0.05) is 32.1 Å². The van der Waals surface area contributed by atoms with Crippen LogP contribution in [0, 0.1) is 0 Å². The lowest BCUT2D eigenvalue weighted by atomic mass is 9.95. The number of rotatable bonds is 3. The lowest BCUT2D eigenvalue weighted by Crippen LogP contribution is -2.32. The van der Waals surface area contributed by atoms with Crippen molar-refractivity contribution in [1.82, 2.24) is 4.31 Å². The Hall–Kier alpha value is 0.170. The van der Waals surface area contributed by atoms with Gasteiger partial charge < -0.3 is 0 Å². The second-order valence-corrected chi connectivity index (χ2v) is 3.82. The predicted octanol–water partition coefficient (Wildman–Crippen LogP) is 2.73. The summed E-state index contributed by atoms with van der Waals surface area (Å²) >= 11 is 4.07. The molecule has 0 aliphatic heterocycles. The number of thiol groups is 1. The molecule has 0 atom stereocenters. The molecule has 1 saturated carbocycles. The fourth-order valence-electron chi connectivity index (χ4n) is 1.67. The molecule has 0 radical (unpaired) electrons. The molecule has 1 rings (SSSR count). The van der Waals surface area contributed by atoms with Crippen LogP contribution in [-0.4, -0.2) is 23.3 Å². The molecule has 0 saturated heterocycles. The third-order valence-corrected chi connectivity index (χ3v) is 2.81. The monoisotopic (exact) mass is 195 g/mol. The summed E-state index contributed by atoms with van der Waals surface area (Å²) < 4.78 is 25.4. The average Bonchev–Trinajstić information content (AvgIpc) is 2.05. The first-order valence-electron chi connectivity index (χ1n) is 4.44. The maximum Gasteiger partial charge on any atom is 0.252 e. The van der Waals surface area contributed by atoms with Crippen LogP contribution in [-0.2, 0) is 0 Å². The van der Waals surface area contributed by atoms with Gasteiger partial charge in [-0.2, -0.15) is 0 Å². The van der Waals surface area contributed by atoms with E-state index < -0.39 is 6.43 Å². The van der Waals surface area contributed by atoms with Crippen LogP contribution in [0.15, 0.2) is 0 Å². The summed E-state index contributed by atoms with van der Waals surface area (Å²) in [6, 6.07) is 0.274. The van der Waals surface area contributed by atoms with Crippen molar-refractivity contribution < 1.29 is 8.78 Å². The van der Waals surface area contributed by atoms with Gasteiger partial charge in [0.25, 0.3) is 6.43 Å². The topological polar surface area (TPSA) is 3.24 Å². The van der Waals surface area contributed by atoms with Crippen LogP contribution < -0.4 is 0 Å². The Morgan fingerprint density at radius 1 is 1.25 bits per heavy atom.